The first-order valence-electron chi connectivity index (χ1n) is 10.9. The van der Waals surface area contributed by atoms with Crippen molar-refractivity contribution in [1.29, 1.82) is 0 Å². The molecule has 1 fully saturated rings. The molecule has 1 aliphatic heterocycles. The molecule has 33 heavy (non-hydrogen) atoms. The van der Waals surface area contributed by atoms with E-state index >= 15 is 0 Å². The first-order valence-corrected chi connectivity index (χ1v) is 10.9. The number of hydrogen-bond acceptors (Lipinski definition) is 6. The molecule has 0 unspecified atom stereocenters. The van der Waals surface area contributed by atoms with Crippen LogP contribution in [0.15, 0.2) is 41.2 Å². The third-order valence-electron chi connectivity index (χ3n) is 5.99. The van der Waals surface area contributed by atoms with Gasteiger partial charge in [0, 0.05) is 64.9 Å². The average molecular weight is 453 g/mol. The minimum absolute atomic E-state index is 0.0377. The van der Waals surface area contributed by atoms with Gasteiger partial charge in [0.25, 0.3) is 0 Å². The van der Waals surface area contributed by atoms with Crippen molar-refractivity contribution in [2.45, 2.75) is 12.8 Å². The summed E-state index contributed by atoms with van der Waals surface area (Å²) in [6, 6.07) is 11.3. The molecule has 0 aliphatic carbocycles. The smallest absolute Gasteiger partial charge is 0.329 e. The number of amides is 2. The summed E-state index contributed by atoms with van der Waals surface area (Å²) in [5.41, 5.74) is 2.06. The number of ether oxygens (including phenoxy) is 1. The minimum atomic E-state index is -0.286. The zero-order valence-electron chi connectivity index (χ0n) is 19.1. The van der Waals surface area contributed by atoms with Crippen molar-refractivity contribution >= 4 is 34.5 Å². The van der Waals surface area contributed by atoms with E-state index in [1.807, 2.05) is 24.3 Å². The second-order valence-electron chi connectivity index (χ2n) is 8.06. The van der Waals surface area contributed by atoms with Crippen LogP contribution in [0.1, 0.15) is 12.8 Å². The molecule has 10 nitrogen and oxygen atoms in total. The Balaban J connectivity index is 1.27. The van der Waals surface area contributed by atoms with E-state index in [4.69, 9.17) is 4.74 Å². The minimum Gasteiger partial charge on any atom is -0.497 e. The van der Waals surface area contributed by atoms with Gasteiger partial charge >= 0.3 is 5.69 Å². The van der Waals surface area contributed by atoms with Crippen molar-refractivity contribution in [3.05, 3.63) is 46.9 Å². The van der Waals surface area contributed by atoms with E-state index in [0.29, 0.717) is 30.1 Å². The molecule has 10 heteroatoms. The van der Waals surface area contributed by atoms with Gasteiger partial charge in [0.05, 0.1) is 12.6 Å². The summed E-state index contributed by atoms with van der Waals surface area (Å²) in [6.07, 6.45) is 0.208. The van der Waals surface area contributed by atoms with E-state index in [1.54, 1.807) is 38.2 Å². The van der Waals surface area contributed by atoms with E-state index in [1.165, 1.54) is 9.13 Å². The molecule has 1 aromatic carbocycles. The number of pyridine rings is 1. The van der Waals surface area contributed by atoms with Crippen molar-refractivity contribution in [1.82, 2.24) is 19.0 Å². The van der Waals surface area contributed by atoms with Crippen LogP contribution in [0.4, 0.5) is 11.5 Å². The number of benzene rings is 1. The molecule has 1 aliphatic rings. The van der Waals surface area contributed by atoms with Crippen molar-refractivity contribution in [2.24, 2.45) is 14.1 Å². The van der Waals surface area contributed by atoms with Crippen LogP contribution in [0, 0.1) is 0 Å². The number of piperazine rings is 1. The van der Waals surface area contributed by atoms with Gasteiger partial charge < -0.3 is 19.9 Å². The Labute approximate surface area is 191 Å². The Kier molecular flexibility index (Phi) is 6.34. The Morgan fingerprint density at radius 2 is 1.79 bits per heavy atom. The van der Waals surface area contributed by atoms with E-state index in [2.05, 4.69) is 15.2 Å². The molecular formula is C23H28N6O4. The Morgan fingerprint density at radius 1 is 1.03 bits per heavy atom. The molecule has 174 valence electrons. The van der Waals surface area contributed by atoms with Gasteiger partial charge in [-0.05, 0) is 24.3 Å². The largest absolute Gasteiger partial charge is 0.497 e. The van der Waals surface area contributed by atoms with Gasteiger partial charge in [-0.1, -0.05) is 6.07 Å². The summed E-state index contributed by atoms with van der Waals surface area (Å²) in [7, 11) is 4.95. The number of fused-ring (bicyclic) bond motifs is 1. The van der Waals surface area contributed by atoms with Crippen molar-refractivity contribution in [3.63, 3.8) is 0 Å². The van der Waals surface area contributed by atoms with E-state index in [-0.39, 0.29) is 30.3 Å². The number of nitrogens with zero attached hydrogens (tertiary/aromatic N) is 5. The van der Waals surface area contributed by atoms with Crippen molar-refractivity contribution in [3.8, 4) is 5.75 Å². The summed E-state index contributed by atoms with van der Waals surface area (Å²) < 4.78 is 8.22. The molecule has 1 N–H and O–H groups in total. The maximum absolute atomic E-state index is 12.6. The van der Waals surface area contributed by atoms with E-state index < -0.39 is 0 Å². The molecule has 2 aromatic heterocycles. The van der Waals surface area contributed by atoms with Crippen LogP contribution >= 0.6 is 0 Å². The Morgan fingerprint density at radius 3 is 2.52 bits per heavy atom. The Bertz CT molecular complexity index is 1240. The fourth-order valence-corrected chi connectivity index (χ4v) is 4.04. The summed E-state index contributed by atoms with van der Waals surface area (Å²) in [4.78, 5) is 45.4. The lowest BCUT2D eigenvalue weighted by atomic mass is 10.2. The molecule has 1 saturated heterocycles. The van der Waals surface area contributed by atoms with Crippen molar-refractivity contribution < 1.29 is 14.3 Å². The number of nitrogens with one attached hydrogen (secondary N) is 1. The zero-order chi connectivity index (χ0) is 23.5. The highest BCUT2D eigenvalue weighted by Gasteiger charge is 2.22. The molecule has 3 aromatic rings. The van der Waals surface area contributed by atoms with Gasteiger partial charge in [0.2, 0.25) is 11.8 Å². The normalized spacial score (nSPS) is 13.9. The van der Waals surface area contributed by atoms with Gasteiger partial charge in [-0.3, -0.25) is 18.7 Å². The van der Waals surface area contributed by atoms with Crippen LogP contribution in [0.25, 0.3) is 11.2 Å². The summed E-state index contributed by atoms with van der Waals surface area (Å²) in [5.74, 6) is 0.837. The predicted molar refractivity (Wildman–Crippen MR) is 126 cm³/mol. The van der Waals surface area contributed by atoms with Crippen LogP contribution in [0.5, 0.6) is 5.75 Å². The van der Waals surface area contributed by atoms with Crippen LogP contribution < -0.4 is 20.6 Å². The molecule has 4 rings (SSSR count). The third kappa shape index (κ3) is 4.69. The number of hydrogen-bond donors (Lipinski definition) is 1. The van der Waals surface area contributed by atoms with Gasteiger partial charge in [0.1, 0.15) is 11.6 Å². The lowest BCUT2D eigenvalue weighted by Crippen LogP contribution is -2.48. The lowest BCUT2D eigenvalue weighted by Gasteiger charge is -2.36. The number of rotatable bonds is 6. The molecule has 0 bridgehead atoms. The van der Waals surface area contributed by atoms with Crippen LogP contribution in [0.3, 0.4) is 0 Å². The van der Waals surface area contributed by atoms with E-state index in [9.17, 15) is 14.4 Å². The highest BCUT2D eigenvalue weighted by atomic mass is 16.5. The van der Waals surface area contributed by atoms with Crippen molar-refractivity contribution in [2.75, 3.05) is 43.5 Å². The third-order valence-corrected chi connectivity index (χ3v) is 5.99. The van der Waals surface area contributed by atoms with Crippen LogP contribution in [-0.4, -0.2) is 64.1 Å². The summed E-state index contributed by atoms with van der Waals surface area (Å²) >= 11 is 0. The number of carbonyl (C=O) groups is 2. The van der Waals surface area contributed by atoms with Gasteiger partial charge in [-0.15, -0.1) is 0 Å². The fraction of sp³-hybridized carbons (Fsp3) is 0.391. The highest BCUT2D eigenvalue weighted by Crippen LogP contribution is 2.22. The molecule has 0 radical (unpaired) electrons. The van der Waals surface area contributed by atoms with E-state index in [0.717, 1.165) is 24.5 Å². The second kappa shape index (κ2) is 9.35. The van der Waals surface area contributed by atoms with Crippen LogP contribution in [-0.2, 0) is 23.7 Å². The van der Waals surface area contributed by atoms with Gasteiger partial charge in [-0.25, -0.2) is 9.78 Å². The van der Waals surface area contributed by atoms with Gasteiger partial charge in [0.15, 0.2) is 5.65 Å². The topological polar surface area (TPSA) is 102 Å². The molecular weight excluding hydrogens is 424 g/mol. The standard InChI is InChI=1S/C23H28N6O4/c1-26-18-7-8-19(25-22(18)27(2)23(26)32)24-20(30)9-10-21(31)29-13-11-28(12-14-29)16-5-4-6-17(15-16)33-3/h4-8,15H,9-14H2,1-3H3,(H,24,25,30). The first-order chi connectivity index (χ1) is 15.9. The number of carbonyl (C=O) groups excluding carboxylic acids is 2. The second-order valence-corrected chi connectivity index (χ2v) is 8.06. The number of anilines is 2. The maximum atomic E-state index is 12.6. The first kappa shape index (κ1) is 22.4. The summed E-state index contributed by atoms with van der Waals surface area (Å²) in [6.45, 7) is 2.67. The number of aromatic nitrogens is 3. The molecule has 0 atom stereocenters. The Hall–Kier alpha value is -3.82. The summed E-state index contributed by atoms with van der Waals surface area (Å²) in [5, 5.41) is 2.72. The number of imidazole rings is 1. The van der Waals surface area contributed by atoms with Crippen LogP contribution in [0.2, 0.25) is 0 Å². The molecule has 3 heterocycles. The maximum Gasteiger partial charge on any atom is 0.329 e. The SMILES string of the molecule is COc1cccc(N2CCN(C(=O)CCC(=O)Nc3ccc4c(n3)n(C)c(=O)n4C)CC2)c1. The quantitative estimate of drug-likeness (QED) is 0.606. The fourth-order valence-electron chi connectivity index (χ4n) is 4.04. The van der Waals surface area contributed by atoms with Gasteiger partial charge in [-0.2, -0.15) is 0 Å². The number of methoxy groups -OCH3 is 1. The monoisotopic (exact) mass is 452 g/mol. The molecule has 0 saturated carbocycles. The lowest BCUT2D eigenvalue weighted by molar-refractivity contribution is -0.133. The zero-order valence-corrected chi connectivity index (χ0v) is 19.1. The number of aryl methyl sites for hydroxylation is 2. The highest BCUT2D eigenvalue weighted by molar-refractivity contribution is 5.93. The average Bonchev–Trinajstić information content (AvgIpc) is 3.06. The predicted octanol–water partition coefficient (Wildman–Crippen LogP) is 1.35. The molecule has 2 amide bonds. The molecule has 0 spiro atoms.